The highest BCUT2D eigenvalue weighted by atomic mass is 35.5. The van der Waals surface area contributed by atoms with Gasteiger partial charge in [-0.3, -0.25) is 4.79 Å². The van der Waals surface area contributed by atoms with Crippen LogP contribution in [0.2, 0.25) is 0 Å². The van der Waals surface area contributed by atoms with Gasteiger partial charge in [-0.15, -0.1) is 11.6 Å². The first-order chi connectivity index (χ1) is 9.29. The van der Waals surface area contributed by atoms with Crippen molar-refractivity contribution in [2.75, 3.05) is 19.0 Å². The van der Waals surface area contributed by atoms with Gasteiger partial charge in [0.25, 0.3) is 0 Å². The molecule has 1 heterocycles. The second-order valence-corrected chi connectivity index (χ2v) is 6.25. The van der Waals surface area contributed by atoms with Gasteiger partial charge in [0.15, 0.2) is 0 Å². The molecule has 0 aromatic rings. The summed E-state index contributed by atoms with van der Waals surface area (Å²) in [5, 5.41) is 3.09. The van der Waals surface area contributed by atoms with Crippen LogP contribution in [0.5, 0.6) is 0 Å². The minimum Gasteiger partial charge on any atom is -0.378 e. The fourth-order valence-corrected chi connectivity index (χ4v) is 3.66. The van der Waals surface area contributed by atoms with Crippen LogP contribution < -0.4 is 5.32 Å². The van der Waals surface area contributed by atoms with E-state index < -0.39 is 0 Å². The largest absolute Gasteiger partial charge is 0.378 e. The van der Waals surface area contributed by atoms with E-state index in [9.17, 15) is 4.79 Å². The molecule has 1 amide bonds. The molecule has 2 rings (SSSR count). The average molecular weight is 288 g/mol. The Morgan fingerprint density at radius 2 is 1.95 bits per heavy atom. The van der Waals surface area contributed by atoms with E-state index in [1.807, 2.05) is 0 Å². The molecule has 2 aliphatic rings. The summed E-state index contributed by atoms with van der Waals surface area (Å²) in [4.78, 5) is 11.8. The van der Waals surface area contributed by atoms with Crippen molar-refractivity contribution in [2.45, 2.75) is 57.5 Å². The van der Waals surface area contributed by atoms with Crippen molar-refractivity contribution in [3.8, 4) is 0 Å². The number of amides is 1. The van der Waals surface area contributed by atoms with E-state index in [1.165, 1.54) is 25.7 Å². The maximum absolute atomic E-state index is 11.8. The molecule has 0 aromatic carbocycles. The Morgan fingerprint density at radius 1 is 1.16 bits per heavy atom. The van der Waals surface area contributed by atoms with Gasteiger partial charge in [-0.25, -0.2) is 0 Å². The highest BCUT2D eigenvalue weighted by Gasteiger charge is 2.24. The van der Waals surface area contributed by atoms with Gasteiger partial charge in [0, 0.05) is 25.5 Å². The molecular formula is C15H26ClNO2. The Labute approximate surface area is 121 Å². The standard InChI is InChI=1S/C15H26ClNO2/c16-10-12-4-1-2-5-13(12)11-17-15(18)8-7-14-6-3-9-19-14/h12-14H,1-11H2,(H,17,18). The highest BCUT2D eigenvalue weighted by Crippen LogP contribution is 2.30. The maximum Gasteiger partial charge on any atom is 0.220 e. The fraction of sp³-hybridized carbons (Fsp3) is 0.933. The molecule has 0 radical (unpaired) electrons. The van der Waals surface area contributed by atoms with Crippen LogP contribution in [0, 0.1) is 11.8 Å². The van der Waals surface area contributed by atoms with E-state index in [0.717, 1.165) is 38.3 Å². The fourth-order valence-electron chi connectivity index (χ4n) is 3.25. The summed E-state index contributed by atoms with van der Waals surface area (Å²) in [6.07, 6.45) is 9.05. The first kappa shape index (κ1) is 15.1. The molecule has 1 aliphatic carbocycles. The molecule has 110 valence electrons. The molecule has 19 heavy (non-hydrogen) atoms. The van der Waals surface area contributed by atoms with Gasteiger partial charge in [-0.2, -0.15) is 0 Å². The SMILES string of the molecule is O=C(CCC1CCCO1)NCC1CCCCC1CCl. The van der Waals surface area contributed by atoms with Crippen LogP contribution in [0.15, 0.2) is 0 Å². The van der Waals surface area contributed by atoms with Crippen LogP contribution in [-0.4, -0.2) is 31.0 Å². The summed E-state index contributed by atoms with van der Waals surface area (Å²) >= 11 is 6.01. The number of halogens is 1. The number of carbonyl (C=O) groups is 1. The topological polar surface area (TPSA) is 38.3 Å². The van der Waals surface area contributed by atoms with E-state index in [2.05, 4.69) is 5.32 Å². The zero-order valence-electron chi connectivity index (χ0n) is 11.7. The first-order valence-electron chi connectivity index (χ1n) is 7.74. The number of alkyl halides is 1. The van der Waals surface area contributed by atoms with Gasteiger partial charge in [-0.05, 0) is 43.9 Å². The zero-order chi connectivity index (χ0) is 13.5. The Morgan fingerprint density at radius 3 is 2.63 bits per heavy atom. The Bertz CT molecular complexity index is 279. The summed E-state index contributed by atoms with van der Waals surface area (Å²) in [5.74, 6) is 2.08. The van der Waals surface area contributed by atoms with Crippen LogP contribution in [0.3, 0.4) is 0 Å². The average Bonchev–Trinajstić information content (AvgIpc) is 2.96. The molecule has 0 bridgehead atoms. The minimum absolute atomic E-state index is 0.175. The predicted molar refractivity (Wildman–Crippen MR) is 77.4 cm³/mol. The van der Waals surface area contributed by atoms with Gasteiger partial charge >= 0.3 is 0 Å². The van der Waals surface area contributed by atoms with Crippen molar-refractivity contribution in [1.29, 1.82) is 0 Å². The third-order valence-electron chi connectivity index (χ3n) is 4.54. The predicted octanol–water partition coefficient (Wildman–Crippen LogP) is 3.11. The summed E-state index contributed by atoms with van der Waals surface area (Å²) in [6, 6.07) is 0. The van der Waals surface area contributed by atoms with Crippen LogP contribution in [0.1, 0.15) is 51.4 Å². The molecule has 0 aromatic heterocycles. The lowest BCUT2D eigenvalue weighted by Crippen LogP contribution is -2.35. The molecule has 2 fully saturated rings. The van der Waals surface area contributed by atoms with Crippen molar-refractivity contribution in [3.63, 3.8) is 0 Å². The summed E-state index contributed by atoms with van der Waals surface area (Å²) in [6.45, 7) is 1.67. The molecule has 0 spiro atoms. The van der Waals surface area contributed by atoms with Gasteiger partial charge < -0.3 is 10.1 Å². The Kier molecular flexibility index (Phi) is 6.45. The van der Waals surface area contributed by atoms with E-state index in [0.29, 0.717) is 24.4 Å². The molecule has 3 unspecified atom stereocenters. The second kappa shape index (κ2) is 8.11. The van der Waals surface area contributed by atoms with E-state index >= 15 is 0 Å². The van der Waals surface area contributed by atoms with Crippen molar-refractivity contribution < 1.29 is 9.53 Å². The van der Waals surface area contributed by atoms with Crippen molar-refractivity contribution in [2.24, 2.45) is 11.8 Å². The smallest absolute Gasteiger partial charge is 0.220 e. The number of rotatable bonds is 6. The molecule has 3 atom stereocenters. The van der Waals surface area contributed by atoms with Crippen LogP contribution in [0.25, 0.3) is 0 Å². The zero-order valence-corrected chi connectivity index (χ0v) is 12.5. The van der Waals surface area contributed by atoms with E-state index in [4.69, 9.17) is 16.3 Å². The Hall–Kier alpha value is -0.280. The molecule has 1 N–H and O–H groups in total. The molecule has 1 saturated carbocycles. The summed E-state index contributed by atoms with van der Waals surface area (Å²) in [7, 11) is 0. The molecule has 4 heteroatoms. The van der Waals surface area contributed by atoms with E-state index in [-0.39, 0.29) is 5.91 Å². The van der Waals surface area contributed by atoms with Crippen LogP contribution in [-0.2, 0) is 9.53 Å². The molecular weight excluding hydrogens is 262 g/mol. The molecule has 1 aliphatic heterocycles. The third-order valence-corrected chi connectivity index (χ3v) is 4.94. The highest BCUT2D eigenvalue weighted by molar-refractivity contribution is 6.18. The van der Waals surface area contributed by atoms with Crippen molar-refractivity contribution in [1.82, 2.24) is 5.32 Å². The van der Waals surface area contributed by atoms with Gasteiger partial charge in [0.1, 0.15) is 0 Å². The molecule has 1 saturated heterocycles. The molecule has 3 nitrogen and oxygen atoms in total. The normalized spacial score (nSPS) is 31.3. The number of hydrogen-bond acceptors (Lipinski definition) is 2. The third kappa shape index (κ3) is 4.96. The van der Waals surface area contributed by atoms with E-state index in [1.54, 1.807) is 0 Å². The lowest BCUT2D eigenvalue weighted by Gasteiger charge is -2.30. The summed E-state index contributed by atoms with van der Waals surface area (Å²) in [5.41, 5.74) is 0. The second-order valence-electron chi connectivity index (χ2n) is 5.94. The van der Waals surface area contributed by atoms with Gasteiger partial charge in [0.2, 0.25) is 5.91 Å². The van der Waals surface area contributed by atoms with Crippen molar-refractivity contribution in [3.05, 3.63) is 0 Å². The van der Waals surface area contributed by atoms with Crippen molar-refractivity contribution >= 4 is 17.5 Å². The maximum atomic E-state index is 11.8. The monoisotopic (exact) mass is 287 g/mol. The lowest BCUT2D eigenvalue weighted by atomic mass is 9.80. The van der Waals surface area contributed by atoms with Crippen LogP contribution in [0.4, 0.5) is 0 Å². The number of nitrogens with one attached hydrogen (secondary N) is 1. The van der Waals surface area contributed by atoms with Gasteiger partial charge in [-0.1, -0.05) is 12.8 Å². The first-order valence-corrected chi connectivity index (χ1v) is 8.27. The van der Waals surface area contributed by atoms with Crippen LogP contribution >= 0.6 is 11.6 Å². The minimum atomic E-state index is 0.175. The Balaban J connectivity index is 1.61. The van der Waals surface area contributed by atoms with Gasteiger partial charge in [0.05, 0.1) is 6.10 Å². The summed E-state index contributed by atoms with van der Waals surface area (Å²) < 4.78 is 5.53. The number of hydrogen-bond donors (Lipinski definition) is 1. The number of carbonyl (C=O) groups excluding carboxylic acids is 1. The number of ether oxygens (including phenoxy) is 1. The quantitative estimate of drug-likeness (QED) is 0.762. The lowest BCUT2D eigenvalue weighted by molar-refractivity contribution is -0.122.